The molecule has 0 unspecified atom stereocenters. The van der Waals surface area contributed by atoms with Crippen LogP contribution in [0.2, 0.25) is 10.2 Å². The van der Waals surface area contributed by atoms with Crippen molar-refractivity contribution in [3.8, 4) is 5.75 Å². The van der Waals surface area contributed by atoms with E-state index in [4.69, 9.17) is 23.2 Å². The first-order chi connectivity index (χ1) is 6.07. The molecule has 0 N–H and O–H groups in total. The van der Waals surface area contributed by atoms with E-state index in [0.717, 1.165) is 6.20 Å². The highest BCUT2D eigenvalue weighted by molar-refractivity contribution is 6.41. The van der Waals surface area contributed by atoms with Crippen molar-refractivity contribution < 1.29 is 13.5 Å². The summed E-state index contributed by atoms with van der Waals surface area (Å²) in [5.74, 6) is -0.0654. The lowest BCUT2D eigenvalue weighted by Gasteiger charge is -2.09. The van der Waals surface area contributed by atoms with Gasteiger partial charge < -0.3 is 4.74 Å². The summed E-state index contributed by atoms with van der Waals surface area (Å²) >= 11 is 11.0. The lowest BCUT2D eigenvalue weighted by Crippen LogP contribution is -1.95. The van der Waals surface area contributed by atoms with Crippen LogP contribution < -0.4 is 4.74 Å². The van der Waals surface area contributed by atoms with Crippen LogP contribution in [0.5, 0.6) is 5.75 Å². The number of aromatic nitrogens is 1. The molecule has 0 fully saturated rings. The zero-order valence-electron chi connectivity index (χ0n) is 6.52. The Morgan fingerprint density at radius 3 is 2.54 bits per heavy atom. The maximum Gasteiger partial charge on any atom is 0.269 e. The molecule has 0 bridgehead atoms. The van der Waals surface area contributed by atoms with E-state index in [1.807, 2.05) is 0 Å². The normalized spacial score (nSPS) is 10.6. The van der Waals surface area contributed by atoms with E-state index in [0.29, 0.717) is 0 Å². The van der Waals surface area contributed by atoms with Crippen molar-refractivity contribution in [2.45, 2.75) is 6.43 Å². The third kappa shape index (κ3) is 2.00. The van der Waals surface area contributed by atoms with Crippen molar-refractivity contribution in [3.05, 3.63) is 21.9 Å². The van der Waals surface area contributed by atoms with Gasteiger partial charge in [0.15, 0.2) is 0 Å². The first kappa shape index (κ1) is 10.5. The molecule has 0 aliphatic heterocycles. The molecule has 0 saturated heterocycles. The molecule has 0 aliphatic rings. The molecule has 0 aromatic carbocycles. The lowest BCUT2D eigenvalue weighted by molar-refractivity contribution is 0.147. The van der Waals surface area contributed by atoms with Crippen LogP contribution in [0.25, 0.3) is 0 Å². The Morgan fingerprint density at radius 1 is 1.46 bits per heavy atom. The van der Waals surface area contributed by atoms with Gasteiger partial charge in [0, 0.05) is 0 Å². The second-order valence-corrected chi connectivity index (χ2v) is 2.88. The minimum absolute atomic E-state index is 0.0654. The fourth-order valence-electron chi connectivity index (χ4n) is 0.827. The Hall–Kier alpha value is -0.610. The summed E-state index contributed by atoms with van der Waals surface area (Å²) in [7, 11) is 1.26. The van der Waals surface area contributed by atoms with E-state index in [-0.39, 0.29) is 15.9 Å². The fourth-order valence-corrected chi connectivity index (χ4v) is 1.20. The van der Waals surface area contributed by atoms with Gasteiger partial charge in [-0.2, -0.15) is 0 Å². The number of hydrogen-bond donors (Lipinski definition) is 0. The topological polar surface area (TPSA) is 22.1 Å². The van der Waals surface area contributed by atoms with Gasteiger partial charge in [0.2, 0.25) is 0 Å². The van der Waals surface area contributed by atoms with Crippen molar-refractivity contribution in [2.75, 3.05) is 7.11 Å². The van der Waals surface area contributed by atoms with Gasteiger partial charge in [0.25, 0.3) is 6.43 Å². The molecule has 0 saturated carbocycles. The van der Waals surface area contributed by atoms with Crippen molar-refractivity contribution >= 4 is 23.2 Å². The summed E-state index contributed by atoms with van der Waals surface area (Å²) in [6.45, 7) is 0. The van der Waals surface area contributed by atoms with Crippen LogP contribution in [0.1, 0.15) is 12.0 Å². The minimum Gasteiger partial charge on any atom is -0.495 e. The maximum atomic E-state index is 12.4. The van der Waals surface area contributed by atoms with E-state index in [1.165, 1.54) is 7.11 Å². The number of rotatable bonds is 2. The summed E-state index contributed by atoms with van der Waals surface area (Å²) in [6, 6.07) is 0. The summed E-state index contributed by atoms with van der Waals surface area (Å²) in [5.41, 5.74) is -0.427. The number of hydrogen-bond acceptors (Lipinski definition) is 2. The molecule has 6 heteroatoms. The Labute approximate surface area is 83.4 Å². The monoisotopic (exact) mass is 227 g/mol. The van der Waals surface area contributed by atoms with E-state index in [2.05, 4.69) is 9.72 Å². The molecule has 13 heavy (non-hydrogen) atoms. The van der Waals surface area contributed by atoms with Crippen molar-refractivity contribution in [1.82, 2.24) is 4.98 Å². The molecular weight excluding hydrogens is 223 g/mol. The van der Waals surface area contributed by atoms with Gasteiger partial charge in [-0.3, -0.25) is 0 Å². The molecule has 72 valence electrons. The Bertz CT molecular complexity index is 320. The van der Waals surface area contributed by atoms with Crippen molar-refractivity contribution in [2.24, 2.45) is 0 Å². The summed E-state index contributed by atoms with van der Waals surface area (Å²) in [6.07, 6.45) is -1.63. The van der Waals surface area contributed by atoms with Gasteiger partial charge in [-0.25, -0.2) is 13.8 Å². The van der Waals surface area contributed by atoms with E-state index >= 15 is 0 Å². The van der Waals surface area contributed by atoms with E-state index in [9.17, 15) is 8.78 Å². The van der Waals surface area contributed by atoms with Gasteiger partial charge in [0.05, 0.1) is 23.9 Å². The van der Waals surface area contributed by atoms with Gasteiger partial charge >= 0.3 is 0 Å². The Morgan fingerprint density at radius 2 is 2.08 bits per heavy atom. The van der Waals surface area contributed by atoms with Crippen LogP contribution in [0, 0.1) is 0 Å². The first-order valence-corrected chi connectivity index (χ1v) is 3.99. The number of methoxy groups -OCH3 is 1. The van der Waals surface area contributed by atoms with Crippen LogP contribution in [0.3, 0.4) is 0 Å². The molecule has 2 nitrogen and oxygen atoms in total. The first-order valence-electron chi connectivity index (χ1n) is 3.24. The molecule has 0 amide bonds. The number of ether oxygens (including phenoxy) is 1. The fraction of sp³-hybridized carbons (Fsp3) is 0.286. The average molecular weight is 228 g/mol. The second-order valence-electron chi connectivity index (χ2n) is 2.15. The standard InChI is InChI=1S/C7H5Cl2F2NO/c1-13-3-2-12-6(9)5(8)4(3)7(10)11/h2,7H,1H3. The Kier molecular flexibility index (Phi) is 3.27. The highest BCUT2D eigenvalue weighted by Gasteiger charge is 2.20. The van der Waals surface area contributed by atoms with Crippen molar-refractivity contribution in [3.63, 3.8) is 0 Å². The van der Waals surface area contributed by atoms with Crippen LogP contribution in [-0.4, -0.2) is 12.1 Å². The molecule has 0 atom stereocenters. The molecule has 1 aromatic rings. The zero-order chi connectivity index (χ0) is 10.0. The quantitative estimate of drug-likeness (QED) is 0.724. The van der Waals surface area contributed by atoms with Crippen LogP contribution in [0.4, 0.5) is 8.78 Å². The third-order valence-corrected chi connectivity index (χ3v) is 2.18. The largest absolute Gasteiger partial charge is 0.495 e. The molecule has 1 aromatic heterocycles. The van der Waals surface area contributed by atoms with Gasteiger partial charge in [-0.15, -0.1) is 0 Å². The molecule has 0 aliphatic carbocycles. The summed E-state index contributed by atoms with van der Waals surface area (Å²) in [4.78, 5) is 3.57. The van der Waals surface area contributed by atoms with Crippen LogP contribution >= 0.6 is 23.2 Å². The number of nitrogens with zero attached hydrogens (tertiary/aromatic N) is 1. The highest BCUT2D eigenvalue weighted by atomic mass is 35.5. The third-order valence-electron chi connectivity index (χ3n) is 1.42. The number of pyridine rings is 1. The number of alkyl halides is 2. The predicted molar refractivity (Wildman–Crippen MR) is 45.8 cm³/mol. The highest BCUT2D eigenvalue weighted by Crippen LogP contribution is 2.37. The van der Waals surface area contributed by atoms with Crippen molar-refractivity contribution in [1.29, 1.82) is 0 Å². The predicted octanol–water partition coefficient (Wildman–Crippen LogP) is 3.33. The lowest BCUT2D eigenvalue weighted by atomic mass is 10.2. The minimum atomic E-state index is -2.73. The Balaban J connectivity index is 3.32. The summed E-state index contributed by atoms with van der Waals surface area (Å²) < 4.78 is 29.5. The zero-order valence-corrected chi connectivity index (χ0v) is 8.03. The van der Waals surface area contributed by atoms with Gasteiger partial charge in [0.1, 0.15) is 10.9 Å². The SMILES string of the molecule is COc1cnc(Cl)c(Cl)c1C(F)F. The smallest absolute Gasteiger partial charge is 0.269 e. The molecular formula is C7H5Cl2F2NO. The van der Waals surface area contributed by atoms with Gasteiger partial charge in [-0.1, -0.05) is 23.2 Å². The van der Waals surface area contributed by atoms with Gasteiger partial charge in [-0.05, 0) is 0 Å². The van der Waals surface area contributed by atoms with E-state index < -0.39 is 12.0 Å². The molecule has 1 heterocycles. The molecule has 0 radical (unpaired) electrons. The van der Waals surface area contributed by atoms with Crippen LogP contribution in [0.15, 0.2) is 6.20 Å². The maximum absolute atomic E-state index is 12.4. The molecule has 1 rings (SSSR count). The average Bonchev–Trinajstić information content (AvgIpc) is 2.08. The summed E-state index contributed by atoms with van der Waals surface area (Å²) in [5, 5.41) is -0.422. The van der Waals surface area contributed by atoms with Crippen LogP contribution in [-0.2, 0) is 0 Å². The second kappa shape index (κ2) is 4.07. The number of halogens is 4. The molecule has 0 spiro atoms. The van der Waals surface area contributed by atoms with E-state index in [1.54, 1.807) is 0 Å².